The van der Waals surface area contributed by atoms with Crippen LogP contribution in [0.4, 0.5) is 13.2 Å². The van der Waals surface area contributed by atoms with Crippen molar-refractivity contribution in [2.45, 2.75) is 50.9 Å². The van der Waals surface area contributed by atoms with Crippen LogP contribution < -0.4 is 5.69 Å². The Labute approximate surface area is 221 Å². The van der Waals surface area contributed by atoms with Crippen molar-refractivity contribution in [3.05, 3.63) is 80.4 Å². The number of halogens is 3. The van der Waals surface area contributed by atoms with Gasteiger partial charge in [-0.05, 0) is 55.0 Å². The van der Waals surface area contributed by atoms with Crippen molar-refractivity contribution in [2.24, 2.45) is 5.92 Å². The van der Waals surface area contributed by atoms with Gasteiger partial charge in [0.25, 0.3) is 0 Å². The molecule has 6 rings (SSSR count). The van der Waals surface area contributed by atoms with Crippen molar-refractivity contribution >= 4 is 16.9 Å². The van der Waals surface area contributed by atoms with Crippen LogP contribution in [0.1, 0.15) is 53.8 Å². The number of morpholine rings is 1. The van der Waals surface area contributed by atoms with Gasteiger partial charge in [-0.2, -0.15) is 13.2 Å². The Balaban J connectivity index is 1.42. The maximum Gasteiger partial charge on any atom is 0.418 e. The predicted molar refractivity (Wildman–Crippen MR) is 138 cm³/mol. The molecule has 2 atom stereocenters. The summed E-state index contributed by atoms with van der Waals surface area (Å²) >= 11 is 1.50. The minimum absolute atomic E-state index is 0.00886. The average molecular weight is 544 g/mol. The minimum atomic E-state index is -4.60. The number of fused-ring (bicyclic) bond motifs is 1. The standard InChI is InChI=1S/C27H28F3N5O2S/c1-17-12-33(8-9-37-17)13-18-10-22(27(28,29)30)23-15-34(26(36)35(23)14-18)21-7-3-6-20(11-21)24(19-4-2-5-19)25-32-31-16-38-25/h3,6-7,10-11,14-17,19,24H,2,4-5,8-9,12-13H2,1H3/t17-,24+/m1/s1. The van der Waals surface area contributed by atoms with E-state index >= 15 is 0 Å². The Morgan fingerprint density at radius 1 is 1.21 bits per heavy atom. The van der Waals surface area contributed by atoms with E-state index in [0.29, 0.717) is 43.4 Å². The topological polar surface area (TPSA) is 64.7 Å². The van der Waals surface area contributed by atoms with Crippen LogP contribution in [0, 0.1) is 5.92 Å². The first-order valence-electron chi connectivity index (χ1n) is 12.8. The Hall–Kier alpha value is -3.02. The van der Waals surface area contributed by atoms with Crippen molar-refractivity contribution in [3.8, 4) is 5.69 Å². The number of alkyl halides is 3. The predicted octanol–water partition coefficient (Wildman–Crippen LogP) is 5.11. The van der Waals surface area contributed by atoms with Crippen LogP contribution in [0.15, 0.2) is 53.0 Å². The van der Waals surface area contributed by atoms with Crippen molar-refractivity contribution in [2.75, 3.05) is 19.7 Å². The monoisotopic (exact) mass is 543 g/mol. The van der Waals surface area contributed by atoms with E-state index in [4.69, 9.17) is 4.74 Å². The molecule has 4 heterocycles. The third-order valence-corrected chi connectivity index (χ3v) is 8.41. The first-order valence-corrected chi connectivity index (χ1v) is 13.7. The third kappa shape index (κ3) is 4.78. The molecule has 2 fully saturated rings. The number of nitrogens with zero attached hydrogens (tertiary/aromatic N) is 5. The summed E-state index contributed by atoms with van der Waals surface area (Å²) in [4.78, 5) is 15.6. The van der Waals surface area contributed by atoms with Gasteiger partial charge in [-0.3, -0.25) is 13.9 Å². The first kappa shape index (κ1) is 25.3. The third-order valence-electron chi connectivity index (χ3n) is 7.63. The molecule has 1 saturated carbocycles. The van der Waals surface area contributed by atoms with E-state index in [0.717, 1.165) is 40.3 Å². The number of benzene rings is 1. The molecule has 0 N–H and O–H groups in total. The number of hydrogen-bond donors (Lipinski definition) is 0. The highest BCUT2D eigenvalue weighted by atomic mass is 32.1. The Bertz CT molecular complexity index is 1490. The van der Waals surface area contributed by atoms with Gasteiger partial charge in [0, 0.05) is 37.9 Å². The lowest BCUT2D eigenvalue weighted by atomic mass is 9.73. The van der Waals surface area contributed by atoms with Gasteiger partial charge in [-0.15, -0.1) is 21.5 Å². The Morgan fingerprint density at radius 3 is 2.74 bits per heavy atom. The van der Waals surface area contributed by atoms with Crippen LogP contribution in [0.5, 0.6) is 0 Å². The summed E-state index contributed by atoms with van der Waals surface area (Å²) in [5.74, 6) is 0.488. The summed E-state index contributed by atoms with van der Waals surface area (Å²) in [6, 6.07) is 8.66. The zero-order chi connectivity index (χ0) is 26.4. The molecule has 2 aliphatic rings. The zero-order valence-electron chi connectivity index (χ0n) is 20.9. The van der Waals surface area contributed by atoms with Gasteiger partial charge >= 0.3 is 11.9 Å². The molecular weight excluding hydrogens is 515 g/mol. The summed E-state index contributed by atoms with van der Waals surface area (Å²) < 4.78 is 50.5. The van der Waals surface area contributed by atoms with Crippen molar-refractivity contribution < 1.29 is 17.9 Å². The maximum absolute atomic E-state index is 14.2. The van der Waals surface area contributed by atoms with Gasteiger partial charge < -0.3 is 4.74 Å². The van der Waals surface area contributed by atoms with Gasteiger partial charge in [0.2, 0.25) is 0 Å². The molecule has 200 valence electrons. The van der Waals surface area contributed by atoms with Gasteiger partial charge in [-0.25, -0.2) is 4.79 Å². The van der Waals surface area contributed by atoms with Crippen molar-refractivity contribution in [1.29, 1.82) is 0 Å². The molecule has 3 aromatic heterocycles. The van der Waals surface area contributed by atoms with E-state index < -0.39 is 17.4 Å². The quantitative estimate of drug-likeness (QED) is 0.338. The molecular formula is C27H28F3N5O2S. The maximum atomic E-state index is 14.2. The summed E-state index contributed by atoms with van der Waals surface area (Å²) in [5, 5.41) is 9.24. The molecule has 1 aliphatic heterocycles. The molecule has 7 nitrogen and oxygen atoms in total. The van der Waals surface area contributed by atoms with Crippen LogP contribution in [0.3, 0.4) is 0 Å². The van der Waals surface area contributed by atoms with Crippen LogP contribution in [-0.2, 0) is 17.5 Å². The number of pyridine rings is 1. The molecule has 0 unspecified atom stereocenters. The smallest absolute Gasteiger partial charge is 0.376 e. The number of rotatable bonds is 6. The van der Waals surface area contributed by atoms with Crippen LogP contribution >= 0.6 is 11.3 Å². The lowest BCUT2D eigenvalue weighted by molar-refractivity contribution is -0.136. The van der Waals surface area contributed by atoms with Crippen LogP contribution in [0.25, 0.3) is 11.2 Å². The van der Waals surface area contributed by atoms with Gasteiger partial charge in [-0.1, -0.05) is 18.6 Å². The van der Waals surface area contributed by atoms with Crippen molar-refractivity contribution in [1.82, 2.24) is 24.1 Å². The Kier molecular flexibility index (Phi) is 6.61. The second-order valence-corrected chi connectivity index (χ2v) is 11.1. The second-order valence-electron chi connectivity index (χ2n) is 10.3. The van der Waals surface area contributed by atoms with Crippen LogP contribution in [0.2, 0.25) is 0 Å². The van der Waals surface area contributed by atoms with E-state index in [1.807, 2.05) is 25.1 Å². The molecule has 0 spiro atoms. The number of aromatic nitrogens is 4. The number of hydrogen-bond acceptors (Lipinski definition) is 6. The molecule has 38 heavy (non-hydrogen) atoms. The average Bonchev–Trinajstić information content (AvgIpc) is 3.49. The normalized spacial score (nSPS) is 20.1. The van der Waals surface area contributed by atoms with E-state index in [-0.39, 0.29) is 17.5 Å². The van der Waals surface area contributed by atoms with E-state index in [1.54, 1.807) is 11.6 Å². The summed E-state index contributed by atoms with van der Waals surface area (Å²) in [5.41, 5.74) is 2.16. The lowest BCUT2D eigenvalue weighted by Gasteiger charge is -2.32. The van der Waals surface area contributed by atoms with Gasteiger partial charge in [0.05, 0.1) is 29.5 Å². The fourth-order valence-electron chi connectivity index (χ4n) is 5.61. The molecule has 1 aromatic carbocycles. The molecule has 4 aromatic rings. The van der Waals surface area contributed by atoms with Crippen molar-refractivity contribution in [3.63, 3.8) is 0 Å². The highest BCUT2D eigenvalue weighted by Crippen LogP contribution is 2.44. The van der Waals surface area contributed by atoms with E-state index in [2.05, 4.69) is 15.1 Å². The first-order chi connectivity index (χ1) is 18.3. The lowest BCUT2D eigenvalue weighted by Crippen LogP contribution is -2.40. The van der Waals surface area contributed by atoms with E-state index in [1.165, 1.54) is 28.3 Å². The molecule has 11 heteroatoms. The highest BCUT2D eigenvalue weighted by molar-refractivity contribution is 7.09. The van der Waals surface area contributed by atoms with E-state index in [9.17, 15) is 18.0 Å². The highest BCUT2D eigenvalue weighted by Gasteiger charge is 2.35. The fraction of sp³-hybridized carbons (Fsp3) is 0.444. The summed E-state index contributed by atoms with van der Waals surface area (Å²) in [7, 11) is 0. The minimum Gasteiger partial charge on any atom is -0.376 e. The molecule has 1 aliphatic carbocycles. The largest absolute Gasteiger partial charge is 0.418 e. The molecule has 0 bridgehead atoms. The Morgan fingerprint density at radius 2 is 2.05 bits per heavy atom. The molecule has 0 amide bonds. The summed E-state index contributed by atoms with van der Waals surface area (Å²) in [6.45, 7) is 4.03. The second kappa shape index (κ2) is 9.94. The number of imidazole rings is 1. The SMILES string of the molecule is C[C@@H]1CN(Cc2cc(C(F)(F)F)c3cn(-c4cccc([C@@H](c5nncs5)C5CCC5)c4)c(=O)n3c2)CCO1. The molecule has 0 radical (unpaired) electrons. The molecule has 1 saturated heterocycles. The zero-order valence-corrected chi connectivity index (χ0v) is 21.7. The summed E-state index contributed by atoms with van der Waals surface area (Å²) in [6.07, 6.45) is 1.58. The van der Waals surface area contributed by atoms with Crippen LogP contribution in [-0.4, -0.2) is 49.9 Å². The number of ether oxygens (including phenoxy) is 1. The van der Waals surface area contributed by atoms with Gasteiger partial charge in [0.15, 0.2) is 0 Å². The van der Waals surface area contributed by atoms with Gasteiger partial charge in [0.1, 0.15) is 10.5 Å². The fourth-order valence-corrected chi connectivity index (χ4v) is 6.38.